The second-order valence-electron chi connectivity index (χ2n) is 3.96. The molecule has 2 aromatic heterocycles. The molecule has 1 N–H and O–H groups in total. The normalized spacial score (nSPS) is 10.8. The summed E-state index contributed by atoms with van der Waals surface area (Å²) in [6, 6.07) is 1.53. The molecule has 0 aliphatic heterocycles. The van der Waals surface area contributed by atoms with Crippen molar-refractivity contribution >= 4 is 11.8 Å². The number of thioether (sulfide) groups is 1. The van der Waals surface area contributed by atoms with E-state index in [4.69, 9.17) is 4.52 Å². The Hall–Kier alpha value is -1.56. The molecule has 0 spiro atoms. The van der Waals surface area contributed by atoms with Crippen LogP contribution in [0.5, 0.6) is 5.88 Å². The molecule has 0 unspecified atom stereocenters. The first-order valence-corrected chi connectivity index (χ1v) is 6.70. The van der Waals surface area contributed by atoms with Crippen LogP contribution in [0, 0.1) is 13.8 Å². The molecule has 18 heavy (non-hydrogen) atoms. The van der Waals surface area contributed by atoms with Crippen molar-refractivity contribution in [2.45, 2.75) is 38.1 Å². The van der Waals surface area contributed by atoms with Gasteiger partial charge in [-0.25, -0.2) is 4.98 Å². The molecular weight excluding hydrogens is 250 g/mol. The van der Waals surface area contributed by atoms with Crippen molar-refractivity contribution in [1.29, 1.82) is 0 Å². The summed E-state index contributed by atoms with van der Waals surface area (Å²) in [5.41, 5.74) is 2.81. The lowest BCUT2D eigenvalue weighted by atomic mass is 10.2. The van der Waals surface area contributed by atoms with Gasteiger partial charge < -0.3 is 9.63 Å². The van der Waals surface area contributed by atoms with E-state index in [1.807, 2.05) is 20.8 Å². The van der Waals surface area contributed by atoms with Crippen LogP contribution in [-0.2, 0) is 12.2 Å². The number of aryl methyl sites for hydroxylation is 3. The van der Waals surface area contributed by atoms with Gasteiger partial charge in [-0.2, -0.15) is 4.98 Å². The van der Waals surface area contributed by atoms with E-state index in [9.17, 15) is 5.11 Å². The molecule has 0 aliphatic rings. The van der Waals surface area contributed by atoms with Crippen molar-refractivity contribution in [3.8, 4) is 5.88 Å². The van der Waals surface area contributed by atoms with Gasteiger partial charge in [-0.15, -0.1) is 0 Å². The zero-order valence-electron chi connectivity index (χ0n) is 10.6. The van der Waals surface area contributed by atoms with Gasteiger partial charge in [0.15, 0.2) is 5.16 Å². The first kappa shape index (κ1) is 12.9. The minimum atomic E-state index is 0.00255. The quantitative estimate of drug-likeness (QED) is 0.677. The summed E-state index contributed by atoms with van der Waals surface area (Å²) in [4.78, 5) is 8.23. The van der Waals surface area contributed by atoms with Crippen molar-refractivity contribution in [3.63, 3.8) is 0 Å². The maximum absolute atomic E-state index is 9.41. The molecule has 0 aliphatic carbocycles. The molecule has 0 amide bonds. The standard InChI is InChI=1S/C12H15N3O2S/c1-4-10-9(8(3)17-15-10)6-18-12-13-7(2)5-11(16)14-12/h5H,4,6H2,1-3H3,(H,13,14,16). The zero-order chi connectivity index (χ0) is 13.1. The molecule has 0 aromatic carbocycles. The summed E-state index contributed by atoms with van der Waals surface area (Å²) in [7, 11) is 0. The van der Waals surface area contributed by atoms with Crippen LogP contribution >= 0.6 is 11.8 Å². The molecule has 0 saturated carbocycles. The highest BCUT2D eigenvalue weighted by Gasteiger charge is 2.12. The van der Waals surface area contributed by atoms with E-state index in [0.29, 0.717) is 10.9 Å². The van der Waals surface area contributed by atoms with E-state index in [-0.39, 0.29) is 5.88 Å². The number of hydrogen-bond acceptors (Lipinski definition) is 6. The van der Waals surface area contributed by atoms with Crippen LogP contribution in [0.4, 0.5) is 0 Å². The molecule has 5 nitrogen and oxygen atoms in total. The molecule has 0 atom stereocenters. The van der Waals surface area contributed by atoms with E-state index < -0.39 is 0 Å². The molecule has 96 valence electrons. The Bertz CT molecular complexity index is 534. The van der Waals surface area contributed by atoms with Gasteiger partial charge in [0.05, 0.1) is 5.69 Å². The topological polar surface area (TPSA) is 72.0 Å². The lowest BCUT2D eigenvalue weighted by Gasteiger charge is -2.02. The Morgan fingerprint density at radius 3 is 2.78 bits per heavy atom. The van der Waals surface area contributed by atoms with Crippen molar-refractivity contribution in [3.05, 3.63) is 28.8 Å². The Balaban J connectivity index is 2.13. The average Bonchev–Trinajstić information content (AvgIpc) is 2.66. The van der Waals surface area contributed by atoms with Crippen LogP contribution in [0.15, 0.2) is 15.7 Å². The van der Waals surface area contributed by atoms with Crippen molar-refractivity contribution in [2.75, 3.05) is 0 Å². The van der Waals surface area contributed by atoms with Gasteiger partial charge in [0.25, 0.3) is 0 Å². The Morgan fingerprint density at radius 2 is 2.11 bits per heavy atom. The van der Waals surface area contributed by atoms with E-state index in [0.717, 1.165) is 29.1 Å². The summed E-state index contributed by atoms with van der Waals surface area (Å²) in [6.45, 7) is 5.77. The Kier molecular flexibility index (Phi) is 3.86. The Labute approximate surface area is 110 Å². The lowest BCUT2D eigenvalue weighted by molar-refractivity contribution is 0.390. The van der Waals surface area contributed by atoms with Gasteiger partial charge in [0, 0.05) is 23.1 Å². The lowest BCUT2D eigenvalue weighted by Crippen LogP contribution is -1.93. The fourth-order valence-corrected chi connectivity index (χ4v) is 2.64. The van der Waals surface area contributed by atoms with Crippen LogP contribution < -0.4 is 0 Å². The molecule has 0 saturated heterocycles. The predicted octanol–water partition coefficient (Wildman–Crippen LogP) is 2.64. The van der Waals surface area contributed by atoms with Crippen LogP contribution in [0.3, 0.4) is 0 Å². The predicted molar refractivity (Wildman–Crippen MR) is 68.6 cm³/mol. The molecule has 0 fully saturated rings. The molecule has 2 heterocycles. The van der Waals surface area contributed by atoms with Crippen molar-refractivity contribution in [1.82, 2.24) is 15.1 Å². The summed E-state index contributed by atoms with van der Waals surface area (Å²) >= 11 is 1.47. The number of hydrogen-bond donors (Lipinski definition) is 1. The smallest absolute Gasteiger partial charge is 0.215 e. The molecule has 6 heteroatoms. The van der Waals surface area contributed by atoms with Gasteiger partial charge in [-0.05, 0) is 20.3 Å². The van der Waals surface area contributed by atoms with Gasteiger partial charge in [-0.3, -0.25) is 0 Å². The average molecular weight is 265 g/mol. The van der Waals surface area contributed by atoms with Crippen LogP contribution in [0.1, 0.15) is 29.6 Å². The summed E-state index contributed by atoms with van der Waals surface area (Å²) in [5, 5.41) is 14.0. The molecular formula is C12H15N3O2S. The van der Waals surface area contributed by atoms with Crippen molar-refractivity contribution < 1.29 is 9.63 Å². The van der Waals surface area contributed by atoms with Crippen LogP contribution in [-0.4, -0.2) is 20.2 Å². The Morgan fingerprint density at radius 1 is 1.33 bits per heavy atom. The maximum Gasteiger partial charge on any atom is 0.215 e. The van der Waals surface area contributed by atoms with Gasteiger partial charge in [-0.1, -0.05) is 23.8 Å². The van der Waals surface area contributed by atoms with Crippen molar-refractivity contribution in [2.24, 2.45) is 0 Å². The summed E-state index contributed by atoms with van der Waals surface area (Å²) < 4.78 is 5.17. The number of aromatic nitrogens is 3. The molecule has 0 radical (unpaired) electrons. The minimum absolute atomic E-state index is 0.00255. The fraction of sp³-hybridized carbons (Fsp3) is 0.417. The summed E-state index contributed by atoms with van der Waals surface area (Å²) in [5.74, 6) is 1.53. The number of aromatic hydroxyl groups is 1. The zero-order valence-corrected chi connectivity index (χ0v) is 11.4. The van der Waals surface area contributed by atoms with E-state index in [1.54, 1.807) is 0 Å². The van der Waals surface area contributed by atoms with E-state index >= 15 is 0 Å². The second-order valence-corrected chi connectivity index (χ2v) is 4.90. The maximum atomic E-state index is 9.41. The van der Waals surface area contributed by atoms with E-state index in [2.05, 4.69) is 15.1 Å². The first-order chi connectivity index (χ1) is 8.60. The van der Waals surface area contributed by atoms with Gasteiger partial charge >= 0.3 is 0 Å². The monoisotopic (exact) mass is 265 g/mol. The highest BCUT2D eigenvalue weighted by molar-refractivity contribution is 7.98. The van der Waals surface area contributed by atoms with Crippen LogP contribution in [0.2, 0.25) is 0 Å². The second kappa shape index (κ2) is 5.39. The highest BCUT2D eigenvalue weighted by Crippen LogP contribution is 2.25. The third-order valence-corrected chi connectivity index (χ3v) is 3.44. The number of rotatable bonds is 4. The minimum Gasteiger partial charge on any atom is -0.493 e. The molecule has 2 aromatic rings. The third-order valence-electron chi connectivity index (χ3n) is 2.57. The number of nitrogens with zero attached hydrogens (tertiary/aromatic N) is 3. The van der Waals surface area contributed by atoms with Crippen LogP contribution in [0.25, 0.3) is 0 Å². The summed E-state index contributed by atoms with van der Waals surface area (Å²) in [6.07, 6.45) is 0.840. The molecule has 2 rings (SSSR count). The van der Waals surface area contributed by atoms with E-state index in [1.165, 1.54) is 17.8 Å². The first-order valence-electron chi connectivity index (χ1n) is 5.71. The largest absolute Gasteiger partial charge is 0.493 e. The highest BCUT2D eigenvalue weighted by atomic mass is 32.2. The van der Waals surface area contributed by atoms with Gasteiger partial charge in [0.1, 0.15) is 5.76 Å². The van der Waals surface area contributed by atoms with Gasteiger partial charge in [0.2, 0.25) is 5.88 Å². The fourth-order valence-electron chi connectivity index (χ4n) is 1.63. The SMILES string of the molecule is CCc1noc(C)c1CSc1nc(C)cc(O)n1. The third kappa shape index (κ3) is 2.81. The molecule has 0 bridgehead atoms.